The van der Waals surface area contributed by atoms with Gasteiger partial charge in [-0.2, -0.15) is 0 Å². The van der Waals surface area contributed by atoms with Crippen molar-refractivity contribution in [2.45, 2.75) is 118 Å². The number of aliphatic hydroxyl groups is 1. The second-order valence-electron chi connectivity index (χ2n) is 16.7. The molecule has 2 unspecified atom stereocenters. The van der Waals surface area contributed by atoms with Gasteiger partial charge in [0.05, 0.1) is 24.6 Å². The molecule has 0 aliphatic carbocycles. The molecule has 0 aliphatic heterocycles. The summed E-state index contributed by atoms with van der Waals surface area (Å²) in [6.07, 6.45) is 0.0301. The Labute approximate surface area is 334 Å². The van der Waals surface area contributed by atoms with E-state index in [1.54, 1.807) is 20.8 Å². The highest BCUT2D eigenvalue weighted by molar-refractivity contribution is 5.88. The van der Waals surface area contributed by atoms with E-state index in [1.165, 1.54) is 4.90 Å². The summed E-state index contributed by atoms with van der Waals surface area (Å²) in [6.45, 7) is 15.7. The minimum absolute atomic E-state index is 0.0185. The molecule has 3 rings (SSSR count). The van der Waals surface area contributed by atoms with Gasteiger partial charge in [-0.25, -0.2) is 4.79 Å². The van der Waals surface area contributed by atoms with Crippen LogP contribution in [0.2, 0.25) is 0 Å². The fraction of sp³-hybridized carbons (Fsp3) is 0.522. The van der Waals surface area contributed by atoms with Crippen molar-refractivity contribution in [3.8, 4) is 0 Å². The zero-order valence-electron chi connectivity index (χ0n) is 34.7. The minimum Gasteiger partial charge on any atom is -0.461 e. The Balaban J connectivity index is 1.78. The molecule has 3 aromatic carbocycles. The molecule has 3 aromatic rings. The van der Waals surface area contributed by atoms with Gasteiger partial charge in [-0.1, -0.05) is 126 Å². The number of nitrogens with zero attached hydrogens (tertiary/aromatic N) is 1. The summed E-state index contributed by atoms with van der Waals surface area (Å²) >= 11 is 0. The van der Waals surface area contributed by atoms with Crippen LogP contribution >= 0.6 is 0 Å². The minimum atomic E-state index is -1.15. The van der Waals surface area contributed by atoms with Crippen molar-refractivity contribution in [1.29, 1.82) is 0 Å². The van der Waals surface area contributed by atoms with Gasteiger partial charge in [-0.15, -0.1) is 0 Å². The van der Waals surface area contributed by atoms with Crippen molar-refractivity contribution in [1.82, 2.24) is 15.5 Å². The third-order valence-electron chi connectivity index (χ3n) is 9.81. The fourth-order valence-corrected chi connectivity index (χ4v) is 6.35. The number of rotatable bonds is 21. The highest BCUT2D eigenvalue weighted by Crippen LogP contribution is 2.21. The Kier molecular flexibility index (Phi) is 18.6. The van der Waals surface area contributed by atoms with Crippen LogP contribution in [0.25, 0.3) is 0 Å². The molecule has 0 saturated heterocycles. The molecule has 306 valence electrons. The lowest BCUT2D eigenvalue weighted by molar-refractivity contribution is -0.150. The first kappa shape index (κ1) is 45.7. The maximum Gasteiger partial charge on any atom is 0.410 e. The van der Waals surface area contributed by atoms with Crippen LogP contribution in [0.5, 0.6) is 0 Å². The molecule has 3 N–H and O–H groups in total. The quantitative estimate of drug-likeness (QED) is 0.0955. The lowest BCUT2D eigenvalue weighted by Gasteiger charge is -2.34. The average Bonchev–Trinajstić information content (AvgIpc) is 3.15. The van der Waals surface area contributed by atoms with E-state index in [2.05, 4.69) is 10.6 Å². The number of carbonyl (C=O) groups is 4. The molecule has 10 heteroatoms. The monoisotopic (exact) mass is 771 g/mol. The van der Waals surface area contributed by atoms with E-state index in [1.807, 2.05) is 126 Å². The molecule has 0 heterocycles. The number of aryl methyl sites for hydroxylation is 1. The topological polar surface area (TPSA) is 134 Å². The Morgan fingerprint density at radius 2 is 1.29 bits per heavy atom. The van der Waals surface area contributed by atoms with Crippen LogP contribution in [0, 0.1) is 23.7 Å². The summed E-state index contributed by atoms with van der Waals surface area (Å²) in [4.78, 5) is 56.0. The van der Waals surface area contributed by atoms with Crippen LogP contribution in [0.15, 0.2) is 91.0 Å². The maximum absolute atomic E-state index is 14.2. The number of benzene rings is 3. The highest BCUT2D eigenvalue weighted by atomic mass is 16.6. The van der Waals surface area contributed by atoms with Gasteiger partial charge in [-0.3, -0.25) is 14.4 Å². The molecular weight excluding hydrogens is 707 g/mol. The first-order chi connectivity index (χ1) is 26.5. The summed E-state index contributed by atoms with van der Waals surface area (Å²) < 4.78 is 11.4. The van der Waals surface area contributed by atoms with Crippen molar-refractivity contribution in [3.63, 3.8) is 0 Å². The number of ether oxygens (including phenoxy) is 2. The highest BCUT2D eigenvalue weighted by Gasteiger charge is 2.34. The van der Waals surface area contributed by atoms with Gasteiger partial charge in [0.25, 0.3) is 0 Å². The van der Waals surface area contributed by atoms with Gasteiger partial charge in [0.15, 0.2) is 0 Å². The summed E-state index contributed by atoms with van der Waals surface area (Å²) in [7, 11) is 0. The third-order valence-corrected chi connectivity index (χ3v) is 9.81. The van der Waals surface area contributed by atoms with E-state index in [0.717, 1.165) is 16.7 Å². The van der Waals surface area contributed by atoms with Gasteiger partial charge in [0.2, 0.25) is 11.8 Å². The van der Waals surface area contributed by atoms with Crippen molar-refractivity contribution >= 4 is 23.9 Å². The summed E-state index contributed by atoms with van der Waals surface area (Å²) in [5.74, 6) is -1.81. The van der Waals surface area contributed by atoms with Gasteiger partial charge in [0, 0.05) is 13.0 Å². The van der Waals surface area contributed by atoms with E-state index < -0.39 is 41.7 Å². The lowest BCUT2D eigenvalue weighted by Crippen LogP contribution is -2.57. The summed E-state index contributed by atoms with van der Waals surface area (Å²) in [6, 6.07) is 27.2. The largest absolute Gasteiger partial charge is 0.461 e. The Hall–Kier alpha value is -4.70. The van der Waals surface area contributed by atoms with Crippen LogP contribution in [0.3, 0.4) is 0 Å². The number of amides is 3. The molecule has 0 saturated carbocycles. The summed E-state index contributed by atoms with van der Waals surface area (Å²) in [5, 5.41) is 17.7. The van der Waals surface area contributed by atoms with Crippen LogP contribution in [0.1, 0.15) is 91.3 Å². The number of carbonyl (C=O) groups excluding carboxylic acids is 4. The van der Waals surface area contributed by atoms with Crippen molar-refractivity contribution in [2.24, 2.45) is 23.7 Å². The molecule has 56 heavy (non-hydrogen) atoms. The SMILES string of the molecule is CC(C)CN(C[C@@H](O)[C@H](Cc1ccccc1)NC(=O)[C@@H](NC(=O)CCC(CCc1ccccc1)C(=O)OCc1ccccc1)C(C)C(C)C)C(=O)OC(C)(C)C. The number of aliphatic hydroxyl groups excluding tert-OH is 1. The Morgan fingerprint density at radius 3 is 1.82 bits per heavy atom. The number of nitrogens with one attached hydrogen (secondary N) is 2. The molecule has 0 bridgehead atoms. The van der Waals surface area contributed by atoms with E-state index in [0.29, 0.717) is 25.8 Å². The van der Waals surface area contributed by atoms with Crippen molar-refractivity contribution < 1.29 is 33.8 Å². The van der Waals surface area contributed by atoms with Crippen LogP contribution in [0.4, 0.5) is 4.79 Å². The number of hydrogen-bond donors (Lipinski definition) is 3. The van der Waals surface area contributed by atoms with Gasteiger partial charge in [0.1, 0.15) is 18.2 Å². The predicted octanol–water partition coefficient (Wildman–Crippen LogP) is 7.52. The van der Waals surface area contributed by atoms with E-state index in [9.17, 15) is 24.3 Å². The van der Waals surface area contributed by atoms with E-state index in [-0.39, 0.29) is 55.6 Å². The molecule has 10 nitrogen and oxygen atoms in total. The first-order valence-electron chi connectivity index (χ1n) is 20.1. The predicted molar refractivity (Wildman–Crippen MR) is 220 cm³/mol. The molecule has 5 atom stereocenters. The molecule has 0 aliphatic rings. The molecular formula is C46H65N3O7. The Morgan fingerprint density at radius 1 is 0.732 bits per heavy atom. The van der Waals surface area contributed by atoms with Crippen molar-refractivity contribution in [2.75, 3.05) is 13.1 Å². The fourth-order valence-electron chi connectivity index (χ4n) is 6.35. The zero-order valence-corrected chi connectivity index (χ0v) is 34.7. The van der Waals surface area contributed by atoms with Crippen molar-refractivity contribution in [3.05, 3.63) is 108 Å². The molecule has 0 fully saturated rings. The van der Waals surface area contributed by atoms with E-state index >= 15 is 0 Å². The molecule has 3 amide bonds. The second kappa shape index (κ2) is 22.8. The van der Waals surface area contributed by atoms with Gasteiger partial charge >= 0.3 is 12.1 Å². The number of hydrogen-bond acceptors (Lipinski definition) is 7. The van der Waals surface area contributed by atoms with Crippen LogP contribution in [-0.4, -0.2) is 70.8 Å². The molecule has 0 spiro atoms. The van der Waals surface area contributed by atoms with E-state index in [4.69, 9.17) is 9.47 Å². The van der Waals surface area contributed by atoms with Crippen LogP contribution in [-0.2, 0) is 43.3 Å². The van der Waals surface area contributed by atoms with Gasteiger partial charge < -0.3 is 30.1 Å². The zero-order chi connectivity index (χ0) is 41.3. The molecule has 0 aromatic heterocycles. The standard InChI is InChI=1S/C46H65N3O7/c1-32(2)29-49(45(54)56-46(6,7)8)30-40(50)39(28-36-20-14-10-15-21-36)47-43(52)42(34(5)33(3)4)48-41(51)27-26-38(25-24-35-18-12-9-13-19-35)44(53)55-31-37-22-16-11-17-23-37/h9-23,32-34,38-40,42,50H,24-31H2,1-8H3,(H,47,52)(H,48,51)/t34?,38?,39-,40+,42-/m0/s1. The lowest BCUT2D eigenvalue weighted by atomic mass is 9.88. The third kappa shape index (κ3) is 16.6. The summed E-state index contributed by atoms with van der Waals surface area (Å²) in [5.41, 5.74) is 2.14. The van der Waals surface area contributed by atoms with Crippen LogP contribution < -0.4 is 10.6 Å². The Bertz CT molecular complexity index is 1630. The average molecular weight is 772 g/mol. The van der Waals surface area contributed by atoms with Gasteiger partial charge in [-0.05, 0) is 80.9 Å². The molecule has 0 radical (unpaired) electrons. The maximum atomic E-state index is 14.2. The second-order valence-corrected chi connectivity index (χ2v) is 16.7. The normalized spacial score (nSPS) is 14.3. The number of esters is 1. The smallest absolute Gasteiger partial charge is 0.410 e. The first-order valence-corrected chi connectivity index (χ1v) is 20.1.